The first-order chi connectivity index (χ1) is 14.0. The molecule has 3 heterocycles. The van der Waals surface area contributed by atoms with Gasteiger partial charge in [0, 0.05) is 51.0 Å². The maximum absolute atomic E-state index is 13.6. The molecule has 1 unspecified atom stereocenters. The number of likely N-dealkylation sites (tertiary alicyclic amines) is 1. The first-order valence-corrected chi connectivity index (χ1v) is 9.27. The molecule has 29 heavy (non-hydrogen) atoms. The highest BCUT2D eigenvalue weighted by atomic mass is 19.1. The smallest absolute Gasteiger partial charge is 0.341 e. The summed E-state index contributed by atoms with van der Waals surface area (Å²) in [7, 11) is 1.71. The molecule has 2 aromatic rings. The Morgan fingerprint density at radius 1 is 1.28 bits per heavy atom. The van der Waals surface area contributed by atoms with E-state index in [1.807, 2.05) is 0 Å². The fraction of sp³-hybridized carbons (Fsp3) is 0.368. The van der Waals surface area contributed by atoms with Gasteiger partial charge in [0.15, 0.2) is 0 Å². The zero-order chi connectivity index (χ0) is 20.4. The molecule has 1 fully saturated rings. The molecule has 0 spiro atoms. The van der Waals surface area contributed by atoms with Crippen LogP contribution in [0.1, 0.15) is 24.4 Å². The molecule has 0 radical (unpaired) electrons. The molecule has 2 aliphatic heterocycles. The minimum atomic E-state index is -0.681. The van der Waals surface area contributed by atoms with Gasteiger partial charge in [0.1, 0.15) is 17.7 Å². The minimum Gasteiger partial charge on any atom is -0.472 e. The number of carbonyl (C=O) groups excluding carboxylic acids is 1. The van der Waals surface area contributed by atoms with Gasteiger partial charge in [-0.25, -0.2) is 23.6 Å². The predicted molar refractivity (Wildman–Crippen MR) is 102 cm³/mol. The van der Waals surface area contributed by atoms with Crippen molar-refractivity contribution >= 4 is 18.2 Å². The lowest BCUT2D eigenvalue weighted by Crippen LogP contribution is -2.40. The van der Waals surface area contributed by atoms with Crippen LogP contribution in [0.4, 0.5) is 19.5 Å². The Hall–Kier alpha value is -3.30. The second kappa shape index (κ2) is 7.98. The quantitative estimate of drug-likeness (QED) is 0.850. The summed E-state index contributed by atoms with van der Waals surface area (Å²) in [5.41, 5.74) is 0.376. The zero-order valence-electron chi connectivity index (χ0n) is 15.8. The summed E-state index contributed by atoms with van der Waals surface area (Å²) in [5.74, 6) is -0.486. The van der Waals surface area contributed by atoms with Crippen molar-refractivity contribution in [2.45, 2.75) is 25.0 Å². The highest BCUT2D eigenvalue weighted by Crippen LogP contribution is 2.31. The van der Waals surface area contributed by atoms with E-state index in [1.54, 1.807) is 30.4 Å². The molecule has 8 nitrogen and oxygen atoms in total. The lowest BCUT2D eigenvalue weighted by Gasteiger charge is -2.27. The number of ether oxygens (including phenoxy) is 1. The van der Waals surface area contributed by atoms with E-state index in [1.165, 1.54) is 17.1 Å². The van der Waals surface area contributed by atoms with Crippen LogP contribution in [0, 0.1) is 11.6 Å². The number of amides is 2. The first kappa shape index (κ1) is 19.0. The van der Waals surface area contributed by atoms with Crippen LogP contribution < -0.4 is 10.1 Å². The molecule has 2 atom stereocenters. The molecule has 1 N–H and O–H groups in total. The largest absolute Gasteiger partial charge is 0.472 e. The van der Waals surface area contributed by atoms with Gasteiger partial charge in [0.05, 0.1) is 12.6 Å². The molecule has 2 aliphatic rings. The van der Waals surface area contributed by atoms with Gasteiger partial charge in [-0.3, -0.25) is 0 Å². The van der Waals surface area contributed by atoms with Crippen molar-refractivity contribution in [2.75, 3.05) is 25.5 Å². The molecule has 1 saturated heterocycles. The highest BCUT2D eigenvalue weighted by molar-refractivity contribution is 5.78. The van der Waals surface area contributed by atoms with Crippen LogP contribution in [0.5, 0.6) is 5.88 Å². The van der Waals surface area contributed by atoms with Crippen molar-refractivity contribution in [2.24, 2.45) is 5.10 Å². The van der Waals surface area contributed by atoms with Crippen molar-refractivity contribution in [3.63, 3.8) is 0 Å². The highest BCUT2D eigenvalue weighted by Gasteiger charge is 2.36. The fourth-order valence-corrected chi connectivity index (χ4v) is 3.48. The second-order valence-corrected chi connectivity index (χ2v) is 6.82. The van der Waals surface area contributed by atoms with Gasteiger partial charge in [-0.15, -0.1) is 0 Å². The van der Waals surface area contributed by atoms with Crippen molar-refractivity contribution in [3.05, 3.63) is 47.7 Å². The number of halogens is 2. The van der Waals surface area contributed by atoms with Crippen LogP contribution in [-0.4, -0.2) is 58.4 Å². The Labute approximate surface area is 166 Å². The Balaban J connectivity index is 1.42. The molecular formula is C19H20F2N6O2. The second-order valence-electron chi connectivity index (χ2n) is 6.82. The van der Waals surface area contributed by atoms with Gasteiger partial charge in [-0.05, 0) is 17.7 Å². The number of rotatable bonds is 4. The number of nitrogens with one attached hydrogen (secondary N) is 1. The van der Waals surface area contributed by atoms with E-state index in [0.29, 0.717) is 43.3 Å². The van der Waals surface area contributed by atoms with Gasteiger partial charge in [0.2, 0.25) is 11.8 Å². The number of aromatic nitrogens is 2. The fourth-order valence-electron chi connectivity index (χ4n) is 3.48. The number of urea groups is 1. The van der Waals surface area contributed by atoms with Crippen LogP contribution in [0.2, 0.25) is 0 Å². The molecule has 1 aromatic heterocycles. The average Bonchev–Trinajstić information content (AvgIpc) is 3.36. The standard InChI is InChI=1S/C19H20F2N6O2/c1-22-18-23-5-3-17(25-18)29-15-4-7-26(11-15)19(28)27-16(2-6-24-27)12-8-13(20)10-14(21)9-12/h3,5-6,8-10,15-16H,2,4,7,11H2,1H3,(H,22,23,25)/t15-,16?/m1/s1. The molecule has 0 aliphatic carbocycles. The van der Waals surface area contributed by atoms with Crippen molar-refractivity contribution in [1.82, 2.24) is 19.9 Å². The molecule has 10 heteroatoms. The van der Waals surface area contributed by atoms with Crippen LogP contribution >= 0.6 is 0 Å². The third-order valence-electron chi connectivity index (χ3n) is 4.85. The summed E-state index contributed by atoms with van der Waals surface area (Å²) in [4.78, 5) is 22.8. The summed E-state index contributed by atoms with van der Waals surface area (Å²) in [6.07, 6.45) is 4.00. The summed E-state index contributed by atoms with van der Waals surface area (Å²) >= 11 is 0. The summed E-state index contributed by atoms with van der Waals surface area (Å²) in [5, 5.41) is 8.25. The van der Waals surface area contributed by atoms with E-state index < -0.39 is 17.7 Å². The maximum atomic E-state index is 13.6. The number of anilines is 1. The SMILES string of the molecule is CNc1nccc(O[C@@H]2CCN(C(=O)N3N=CCC3c3cc(F)cc(F)c3)C2)n1. The van der Waals surface area contributed by atoms with E-state index in [9.17, 15) is 13.6 Å². The number of benzene rings is 1. The first-order valence-electron chi connectivity index (χ1n) is 9.27. The van der Waals surface area contributed by atoms with E-state index in [0.717, 1.165) is 6.07 Å². The van der Waals surface area contributed by atoms with E-state index >= 15 is 0 Å². The van der Waals surface area contributed by atoms with E-state index in [2.05, 4.69) is 20.4 Å². The maximum Gasteiger partial charge on any atom is 0.341 e. The summed E-state index contributed by atoms with van der Waals surface area (Å²) < 4.78 is 33.1. The van der Waals surface area contributed by atoms with Crippen LogP contribution in [0.15, 0.2) is 35.6 Å². The van der Waals surface area contributed by atoms with Crippen LogP contribution in [-0.2, 0) is 0 Å². The van der Waals surface area contributed by atoms with Gasteiger partial charge in [-0.1, -0.05) is 0 Å². The molecular weight excluding hydrogens is 382 g/mol. The van der Waals surface area contributed by atoms with Gasteiger partial charge >= 0.3 is 6.03 Å². The van der Waals surface area contributed by atoms with E-state index in [4.69, 9.17) is 4.74 Å². The Morgan fingerprint density at radius 3 is 2.83 bits per heavy atom. The molecule has 2 amide bonds. The Morgan fingerprint density at radius 2 is 2.07 bits per heavy atom. The predicted octanol–water partition coefficient (Wildman–Crippen LogP) is 2.80. The Kier molecular flexibility index (Phi) is 5.24. The lowest BCUT2D eigenvalue weighted by atomic mass is 10.0. The molecule has 0 saturated carbocycles. The summed E-state index contributed by atoms with van der Waals surface area (Å²) in [6, 6.07) is 4.07. The zero-order valence-corrected chi connectivity index (χ0v) is 15.8. The van der Waals surface area contributed by atoms with Crippen molar-refractivity contribution in [1.29, 1.82) is 0 Å². The number of nitrogens with zero attached hydrogens (tertiary/aromatic N) is 5. The van der Waals surface area contributed by atoms with Gasteiger partial charge < -0.3 is 15.0 Å². The normalized spacial score (nSPS) is 20.9. The number of hydrogen-bond acceptors (Lipinski definition) is 6. The lowest BCUT2D eigenvalue weighted by molar-refractivity contribution is 0.141. The third-order valence-corrected chi connectivity index (χ3v) is 4.85. The average molecular weight is 402 g/mol. The van der Waals surface area contributed by atoms with E-state index in [-0.39, 0.29) is 12.1 Å². The topological polar surface area (TPSA) is 83.0 Å². The monoisotopic (exact) mass is 402 g/mol. The van der Waals surface area contributed by atoms with Gasteiger partial charge in [0.25, 0.3) is 0 Å². The van der Waals surface area contributed by atoms with Crippen molar-refractivity contribution < 1.29 is 18.3 Å². The number of hydrazone groups is 1. The van der Waals surface area contributed by atoms with Crippen LogP contribution in [0.3, 0.4) is 0 Å². The van der Waals surface area contributed by atoms with Crippen LogP contribution in [0.25, 0.3) is 0 Å². The molecule has 1 aromatic carbocycles. The third kappa shape index (κ3) is 4.10. The minimum absolute atomic E-state index is 0.213. The van der Waals surface area contributed by atoms with Crippen molar-refractivity contribution in [3.8, 4) is 5.88 Å². The number of hydrogen-bond donors (Lipinski definition) is 1. The molecule has 152 valence electrons. The number of carbonyl (C=O) groups is 1. The summed E-state index contributed by atoms with van der Waals surface area (Å²) in [6.45, 7) is 0.859. The molecule has 4 rings (SSSR count). The van der Waals surface area contributed by atoms with Gasteiger partial charge in [-0.2, -0.15) is 10.1 Å². The Bertz CT molecular complexity index is 920. The molecule has 0 bridgehead atoms.